The molecule has 0 bridgehead atoms. The van der Waals surface area contributed by atoms with Crippen molar-refractivity contribution in [3.05, 3.63) is 42.2 Å². The molecular formula is C23H26N6O4. The van der Waals surface area contributed by atoms with Crippen molar-refractivity contribution in [2.45, 2.75) is 44.4 Å². The molecule has 2 aromatic rings. The van der Waals surface area contributed by atoms with Gasteiger partial charge in [0.05, 0.1) is 30.8 Å². The van der Waals surface area contributed by atoms with Gasteiger partial charge in [-0.2, -0.15) is 5.26 Å². The topological polar surface area (TPSA) is 114 Å². The van der Waals surface area contributed by atoms with Gasteiger partial charge in [-0.05, 0) is 38.5 Å². The molecule has 2 amide bonds. The average Bonchev–Trinajstić information content (AvgIpc) is 3.27. The molecule has 10 heteroatoms. The van der Waals surface area contributed by atoms with Crippen LogP contribution in [-0.2, 0) is 21.4 Å². The molecule has 1 aromatic carbocycles. The van der Waals surface area contributed by atoms with Crippen molar-refractivity contribution in [2.75, 3.05) is 24.5 Å². The Morgan fingerprint density at radius 1 is 1.24 bits per heavy atom. The van der Waals surface area contributed by atoms with Crippen LogP contribution in [0.1, 0.15) is 26.3 Å². The fourth-order valence-corrected chi connectivity index (χ4v) is 5.05. The van der Waals surface area contributed by atoms with Crippen LogP contribution >= 0.6 is 0 Å². The molecule has 0 spiro atoms. The predicted molar refractivity (Wildman–Crippen MR) is 116 cm³/mol. The number of likely N-dealkylation sites (tertiary alicyclic amines) is 1. The lowest BCUT2D eigenvalue weighted by molar-refractivity contribution is 0.0266. The summed E-state index contributed by atoms with van der Waals surface area (Å²) in [7, 11) is 0. The number of amides is 2. The van der Waals surface area contributed by atoms with E-state index in [0.29, 0.717) is 26.2 Å². The summed E-state index contributed by atoms with van der Waals surface area (Å²) in [5.74, 6) is 0.175. The number of nitrogens with zero attached hydrogens (tertiary/aromatic N) is 6. The van der Waals surface area contributed by atoms with Crippen LogP contribution in [0.2, 0.25) is 0 Å². The van der Waals surface area contributed by atoms with Gasteiger partial charge in [0.25, 0.3) is 0 Å². The van der Waals surface area contributed by atoms with E-state index in [1.807, 2.05) is 45.0 Å². The van der Waals surface area contributed by atoms with Crippen molar-refractivity contribution in [3.8, 4) is 6.07 Å². The molecule has 0 N–H and O–H groups in total. The van der Waals surface area contributed by atoms with E-state index in [4.69, 9.17) is 9.47 Å². The van der Waals surface area contributed by atoms with Crippen LogP contribution in [0.25, 0.3) is 0 Å². The fraction of sp³-hybridized carbons (Fsp3) is 0.522. The lowest BCUT2D eigenvalue weighted by Crippen LogP contribution is -2.38. The number of ether oxygens (including phenoxy) is 2. The Balaban J connectivity index is 1.24. The van der Waals surface area contributed by atoms with Crippen molar-refractivity contribution in [3.63, 3.8) is 0 Å². The number of aromatic nitrogens is 3. The Hall–Kier alpha value is -3.61. The molecule has 3 heterocycles. The van der Waals surface area contributed by atoms with Crippen molar-refractivity contribution in [2.24, 2.45) is 11.8 Å². The highest BCUT2D eigenvalue weighted by Crippen LogP contribution is 2.63. The Bertz CT molecular complexity index is 1090. The number of hydrogen-bond acceptors (Lipinski definition) is 7. The lowest BCUT2D eigenvalue weighted by Gasteiger charge is -2.27. The smallest absolute Gasteiger partial charge is 0.414 e. The van der Waals surface area contributed by atoms with Crippen molar-refractivity contribution in [1.29, 1.82) is 5.26 Å². The van der Waals surface area contributed by atoms with Crippen LogP contribution in [0.3, 0.4) is 0 Å². The minimum atomic E-state index is -0.599. The van der Waals surface area contributed by atoms with Crippen LogP contribution in [0.4, 0.5) is 15.3 Å². The summed E-state index contributed by atoms with van der Waals surface area (Å²) in [6.07, 6.45) is 2.26. The van der Waals surface area contributed by atoms with Gasteiger partial charge < -0.3 is 14.4 Å². The van der Waals surface area contributed by atoms with E-state index in [-0.39, 0.29) is 24.0 Å². The third-order valence-corrected chi connectivity index (χ3v) is 6.61. The molecule has 10 nitrogen and oxygen atoms in total. The molecule has 1 aromatic heterocycles. The van der Waals surface area contributed by atoms with Crippen LogP contribution < -0.4 is 4.90 Å². The first kappa shape index (κ1) is 21.2. The highest BCUT2D eigenvalue weighted by atomic mass is 16.6. The van der Waals surface area contributed by atoms with Crippen LogP contribution in [-0.4, -0.2) is 63.4 Å². The van der Waals surface area contributed by atoms with E-state index in [0.717, 1.165) is 11.3 Å². The van der Waals surface area contributed by atoms with E-state index in [9.17, 15) is 14.9 Å². The zero-order chi connectivity index (χ0) is 23.4. The number of carbonyl (C=O) groups excluding carboxylic acids is 2. The quantitative estimate of drug-likeness (QED) is 0.703. The summed E-state index contributed by atoms with van der Waals surface area (Å²) in [6.45, 7) is 7.41. The molecule has 2 saturated heterocycles. The molecule has 1 aliphatic carbocycles. The third kappa shape index (κ3) is 3.67. The van der Waals surface area contributed by atoms with Gasteiger partial charge in [0, 0.05) is 36.8 Å². The summed E-state index contributed by atoms with van der Waals surface area (Å²) in [5.41, 5.74) is 0.494. The number of hydrogen-bond donors (Lipinski definition) is 0. The summed E-state index contributed by atoms with van der Waals surface area (Å²) in [4.78, 5) is 28.0. The van der Waals surface area contributed by atoms with Crippen LogP contribution in [0.15, 0.2) is 36.7 Å². The second-order valence-corrected chi connectivity index (χ2v) is 9.87. The normalized spacial score (nSPS) is 28.3. The van der Waals surface area contributed by atoms with E-state index in [1.165, 1.54) is 0 Å². The van der Waals surface area contributed by atoms with Crippen molar-refractivity contribution < 1.29 is 19.1 Å². The minimum absolute atomic E-state index is 0.0877. The Morgan fingerprint density at radius 2 is 1.94 bits per heavy atom. The summed E-state index contributed by atoms with van der Waals surface area (Å²) < 4.78 is 12.6. The van der Waals surface area contributed by atoms with Gasteiger partial charge in [-0.25, -0.2) is 14.3 Å². The van der Waals surface area contributed by atoms with E-state index in [1.54, 1.807) is 26.9 Å². The molecule has 3 aliphatic rings. The van der Waals surface area contributed by atoms with E-state index >= 15 is 0 Å². The number of benzene rings is 1. The Labute approximate surface area is 191 Å². The zero-order valence-electron chi connectivity index (χ0n) is 18.8. The van der Waals surface area contributed by atoms with E-state index < -0.39 is 17.1 Å². The van der Waals surface area contributed by atoms with Gasteiger partial charge in [0.2, 0.25) is 0 Å². The Morgan fingerprint density at radius 3 is 2.52 bits per heavy atom. The number of rotatable bonds is 4. The molecule has 172 valence electrons. The molecule has 5 rings (SSSR count). The summed E-state index contributed by atoms with van der Waals surface area (Å²) in [5, 5.41) is 17.7. The van der Waals surface area contributed by atoms with Gasteiger partial charge in [-0.3, -0.25) is 4.90 Å². The van der Waals surface area contributed by atoms with E-state index in [2.05, 4.69) is 16.4 Å². The summed E-state index contributed by atoms with van der Waals surface area (Å²) >= 11 is 0. The second-order valence-electron chi connectivity index (χ2n) is 9.87. The highest BCUT2D eigenvalue weighted by molar-refractivity contribution is 5.89. The molecule has 2 aliphatic heterocycles. The third-order valence-electron chi connectivity index (χ3n) is 6.61. The van der Waals surface area contributed by atoms with Crippen molar-refractivity contribution in [1.82, 2.24) is 19.9 Å². The summed E-state index contributed by atoms with van der Waals surface area (Å²) in [6, 6.07) is 10.0. The number of nitriles is 1. The predicted octanol–water partition coefficient (Wildman–Crippen LogP) is 2.56. The monoisotopic (exact) mass is 450 g/mol. The molecular weight excluding hydrogens is 424 g/mol. The van der Waals surface area contributed by atoms with Gasteiger partial charge in [0.1, 0.15) is 11.7 Å². The number of fused-ring (bicyclic) bond motifs is 1. The number of carbonyl (C=O) groups is 2. The average molecular weight is 450 g/mol. The first-order valence-corrected chi connectivity index (χ1v) is 11.0. The number of cyclic esters (lactones) is 1. The first-order valence-electron chi connectivity index (χ1n) is 11.0. The SMILES string of the molecule is CC(C)(C)OC(=O)N1CC2C(C1)C2(C#N)c1ccc(N2C[C@H](Cn3ccnn3)OC2=O)cc1. The van der Waals surface area contributed by atoms with Gasteiger partial charge >= 0.3 is 12.2 Å². The molecule has 33 heavy (non-hydrogen) atoms. The molecule has 1 saturated carbocycles. The largest absolute Gasteiger partial charge is 0.444 e. The fourth-order valence-electron chi connectivity index (χ4n) is 5.05. The maximum absolute atomic E-state index is 12.4. The van der Waals surface area contributed by atoms with Gasteiger partial charge in [0.15, 0.2) is 0 Å². The maximum atomic E-state index is 12.4. The highest BCUT2D eigenvalue weighted by Gasteiger charge is 2.70. The molecule has 3 atom stereocenters. The lowest BCUT2D eigenvalue weighted by atomic mass is 9.91. The number of anilines is 1. The number of piperidine rings is 1. The van der Waals surface area contributed by atoms with Gasteiger partial charge in [-0.15, -0.1) is 5.10 Å². The minimum Gasteiger partial charge on any atom is -0.444 e. The van der Waals surface area contributed by atoms with Gasteiger partial charge in [-0.1, -0.05) is 17.3 Å². The molecule has 3 fully saturated rings. The second kappa shape index (κ2) is 7.47. The molecule has 2 unspecified atom stereocenters. The van der Waals surface area contributed by atoms with Crippen molar-refractivity contribution >= 4 is 17.9 Å². The van der Waals surface area contributed by atoms with Crippen LogP contribution in [0, 0.1) is 23.2 Å². The first-order chi connectivity index (χ1) is 15.7. The maximum Gasteiger partial charge on any atom is 0.414 e. The standard InChI is InChI=1S/C23H26N6O4/c1-22(2,3)33-20(30)27-12-18-19(13-27)23(18,14-24)15-4-6-16(7-5-15)29-11-17(32-21(29)31)10-28-9-8-25-26-28/h4-9,17-19H,10-13H2,1-3H3/t17-,18?,19?,23?/m0/s1. The Kier molecular flexibility index (Phi) is 4.81. The van der Waals surface area contributed by atoms with Crippen LogP contribution in [0.5, 0.6) is 0 Å². The zero-order valence-corrected chi connectivity index (χ0v) is 18.8. The molecule has 0 radical (unpaired) electrons.